The monoisotopic (exact) mass is 390 g/mol. The number of benzene rings is 1. The quantitative estimate of drug-likeness (QED) is 0.671. The van der Waals surface area contributed by atoms with Crippen LogP contribution in [0.5, 0.6) is 0 Å². The van der Waals surface area contributed by atoms with Gasteiger partial charge in [0.05, 0.1) is 11.7 Å². The van der Waals surface area contributed by atoms with Crippen LogP contribution in [-0.2, 0) is 10.0 Å². The van der Waals surface area contributed by atoms with E-state index in [0.717, 1.165) is 28.8 Å². The summed E-state index contributed by atoms with van der Waals surface area (Å²) in [7, 11) is -3.60. The molecule has 2 aromatic heterocycles. The third kappa shape index (κ3) is 2.83. The molecule has 10 heteroatoms. The molecule has 0 N–H and O–H groups in total. The Bertz CT molecular complexity index is 1060. The van der Waals surface area contributed by atoms with Crippen molar-refractivity contribution < 1.29 is 8.42 Å². The Hall–Kier alpha value is -2.17. The van der Waals surface area contributed by atoms with Crippen LogP contribution in [0.25, 0.3) is 11.0 Å². The lowest BCUT2D eigenvalue weighted by Crippen LogP contribution is -2.49. The molecular formula is C16H18N6O2S2. The van der Waals surface area contributed by atoms with Crippen molar-refractivity contribution in [2.75, 3.05) is 31.1 Å². The van der Waals surface area contributed by atoms with Crippen LogP contribution in [0.3, 0.4) is 0 Å². The Morgan fingerprint density at radius 2 is 1.81 bits per heavy atom. The third-order valence-electron chi connectivity index (χ3n) is 4.71. The zero-order valence-electron chi connectivity index (χ0n) is 14.5. The Morgan fingerprint density at radius 3 is 2.58 bits per heavy atom. The number of anilines is 1. The number of nitrogens with zero attached hydrogens (tertiary/aromatic N) is 6. The van der Waals surface area contributed by atoms with Gasteiger partial charge in [-0.25, -0.2) is 18.4 Å². The van der Waals surface area contributed by atoms with E-state index in [4.69, 9.17) is 0 Å². The Morgan fingerprint density at radius 1 is 1.04 bits per heavy atom. The first kappa shape index (κ1) is 17.3. The number of hydrogen-bond acceptors (Lipinski definition) is 8. The van der Waals surface area contributed by atoms with Gasteiger partial charge in [0.1, 0.15) is 28.1 Å². The fraction of sp³-hybridized carbons (Fsp3) is 0.375. The fourth-order valence-electron chi connectivity index (χ4n) is 3.11. The molecule has 1 saturated heterocycles. The molecule has 1 aliphatic heterocycles. The lowest BCUT2D eigenvalue weighted by molar-refractivity contribution is 0.384. The van der Waals surface area contributed by atoms with Crippen LogP contribution in [0.15, 0.2) is 29.4 Å². The van der Waals surface area contributed by atoms with Crippen LogP contribution in [0.2, 0.25) is 0 Å². The van der Waals surface area contributed by atoms with E-state index in [1.54, 1.807) is 24.5 Å². The van der Waals surface area contributed by atoms with Gasteiger partial charge in [-0.1, -0.05) is 6.07 Å². The van der Waals surface area contributed by atoms with Gasteiger partial charge in [-0.15, -0.1) is 0 Å². The molecule has 1 aliphatic rings. The summed E-state index contributed by atoms with van der Waals surface area (Å²) >= 11 is 1.03. The third-order valence-corrected chi connectivity index (χ3v) is 7.19. The second-order valence-electron chi connectivity index (χ2n) is 6.19. The molecule has 136 valence electrons. The fourth-order valence-corrected chi connectivity index (χ4v) is 5.29. The topological polar surface area (TPSA) is 92.2 Å². The van der Waals surface area contributed by atoms with Gasteiger partial charge in [0, 0.05) is 37.4 Å². The molecule has 4 rings (SSSR count). The maximum absolute atomic E-state index is 13.1. The first-order valence-electron chi connectivity index (χ1n) is 8.23. The highest BCUT2D eigenvalue weighted by Gasteiger charge is 2.31. The molecular weight excluding hydrogens is 372 g/mol. The highest BCUT2D eigenvalue weighted by molar-refractivity contribution is 7.89. The van der Waals surface area contributed by atoms with Gasteiger partial charge in [0.2, 0.25) is 10.0 Å². The summed E-state index contributed by atoms with van der Waals surface area (Å²) in [5.74, 6) is 0.875. The van der Waals surface area contributed by atoms with Gasteiger partial charge in [0.15, 0.2) is 0 Å². The summed E-state index contributed by atoms with van der Waals surface area (Å²) in [5, 5.41) is 0. The van der Waals surface area contributed by atoms with Crippen molar-refractivity contribution in [1.82, 2.24) is 23.0 Å². The van der Waals surface area contributed by atoms with E-state index in [-0.39, 0.29) is 4.90 Å². The van der Waals surface area contributed by atoms with Gasteiger partial charge >= 0.3 is 0 Å². The Labute approximate surface area is 155 Å². The van der Waals surface area contributed by atoms with Gasteiger partial charge < -0.3 is 4.90 Å². The molecule has 0 radical (unpaired) electrons. The minimum atomic E-state index is -3.60. The van der Waals surface area contributed by atoms with E-state index in [1.807, 2.05) is 13.8 Å². The van der Waals surface area contributed by atoms with Crippen LogP contribution in [-0.4, -0.2) is 57.6 Å². The normalized spacial score (nSPS) is 16.3. The first-order chi connectivity index (χ1) is 12.5. The van der Waals surface area contributed by atoms with Crippen molar-refractivity contribution in [2.45, 2.75) is 18.7 Å². The highest BCUT2D eigenvalue weighted by Crippen LogP contribution is 2.26. The number of hydrogen-bond donors (Lipinski definition) is 0. The molecule has 0 saturated carbocycles. The molecule has 1 fully saturated rings. The predicted octanol–water partition coefficient (Wildman–Crippen LogP) is 1.61. The Kier molecular flexibility index (Phi) is 4.33. The first-order valence-corrected chi connectivity index (χ1v) is 10.4. The smallest absolute Gasteiger partial charge is 0.245 e. The zero-order chi connectivity index (χ0) is 18.3. The molecule has 8 nitrogen and oxygen atoms in total. The zero-order valence-corrected chi connectivity index (χ0v) is 16.1. The predicted molar refractivity (Wildman–Crippen MR) is 99.9 cm³/mol. The number of piperazine rings is 1. The molecule has 0 aliphatic carbocycles. The molecule has 0 amide bonds. The average Bonchev–Trinajstić information content (AvgIpc) is 3.13. The molecule has 0 unspecified atom stereocenters. The maximum atomic E-state index is 13.1. The number of rotatable bonds is 3. The second kappa shape index (κ2) is 6.53. The van der Waals surface area contributed by atoms with Crippen LogP contribution in [0, 0.1) is 13.8 Å². The minimum absolute atomic E-state index is 0.228. The van der Waals surface area contributed by atoms with E-state index in [9.17, 15) is 8.42 Å². The standard InChI is InChI=1S/C16H18N6O2S2/c1-11-12(2)17-10-18-16(11)21-6-8-22(9-7-21)26(23,24)14-5-3-4-13-15(14)20-25-19-13/h3-5,10H,6-9H2,1-2H3. The summed E-state index contributed by atoms with van der Waals surface area (Å²) in [5.41, 5.74) is 3.03. The molecule has 0 bridgehead atoms. The number of aryl methyl sites for hydroxylation is 1. The largest absolute Gasteiger partial charge is 0.354 e. The van der Waals surface area contributed by atoms with Gasteiger partial charge in [0.25, 0.3) is 0 Å². The maximum Gasteiger partial charge on any atom is 0.245 e. The van der Waals surface area contributed by atoms with Crippen molar-refractivity contribution in [3.05, 3.63) is 35.8 Å². The molecule has 0 spiro atoms. The lowest BCUT2D eigenvalue weighted by atomic mass is 10.2. The molecule has 3 heterocycles. The molecule has 3 aromatic rings. The Balaban J connectivity index is 1.58. The van der Waals surface area contributed by atoms with Crippen molar-refractivity contribution >= 4 is 38.6 Å². The molecule has 1 aromatic carbocycles. The molecule has 26 heavy (non-hydrogen) atoms. The van der Waals surface area contributed by atoms with E-state index in [1.165, 1.54) is 4.31 Å². The van der Waals surface area contributed by atoms with Crippen LogP contribution in [0.1, 0.15) is 11.3 Å². The number of sulfonamides is 1. The summed E-state index contributed by atoms with van der Waals surface area (Å²) in [6.07, 6.45) is 1.55. The summed E-state index contributed by atoms with van der Waals surface area (Å²) in [4.78, 5) is 10.9. The summed E-state index contributed by atoms with van der Waals surface area (Å²) in [6, 6.07) is 5.08. The second-order valence-corrected chi connectivity index (χ2v) is 8.62. The SMILES string of the molecule is Cc1ncnc(N2CCN(S(=O)(=O)c3cccc4nsnc34)CC2)c1C. The lowest BCUT2D eigenvalue weighted by Gasteiger charge is -2.35. The minimum Gasteiger partial charge on any atom is -0.354 e. The van der Waals surface area contributed by atoms with E-state index in [0.29, 0.717) is 37.2 Å². The average molecular weight is 390 g/mol. The van der Waals surface area contributed by atoms with Crippen molar-refractivity contribution in [1.29, 1.82) is 0 Å². The summed E-state index contributed by atoms with van der Waals surface area (Å²) < 4.78 is 36.0. The number of aromatic nitrogens is 4. The van der Waals surface area contributed by atoms with E-state index in [2.05, 4.69) is 23.6 Å². The molecule has 0 atom stereocenters. The van der Waals surface area contributed by atoms with Crippen LogP contribution in [0.4, 0.5) is 5.82 Å². The highest BCUT2D eigenvalue weighted by atomic mass is 32.2. The van der Waals surface area contributed by atoms with E-state index >= 15 is 0 Å². The van der Waals surface area contributed by atoms with Gasteiger partial charge in [-0.05, 0) is 26.0 Å². The van der Waals surface area contributed by atoms with Crippen molar-refractivity contribution in [2.24, 2.45) is 0 Å². The number of fused-ring (bicyclic) bond motifs is 1. The van der Waals surface area contributed by atoms with Crippen LogP contribution >= 0.6 is 11.7 Å². The van der Waals surface area contributed by atoms with E-state index < -0.39 is 10.0 Å². The van der Waals surface area contributed by atoms with Crippen LogP contribution < -0.4 is 4.90 Å². The summed E-state index contributed by atoms with van der Waals surface area (Å²) in [6.45, 7) is 5.91. The van der Waals surface area contributed by atoms with Crippen molar-refractivity contribution in [3.63, 3.8) is 0 Å². The van der Waals surface area contributed by atoms with Gasteiger partial charge in [-0.3, -0.25) is 0 Å². The van der Waals surface area contributed by atoms with Gasteiger partial charge in [-0.2, -0.15) is 13.1 Å². The van der Waals surface area contributed by atoms with Crippen molar-refractivity contribution in [3.8, 4) is 0 Å².